The number of anilines is 1. The van der Waals surface area contributed by atoms with Crippen LogP contribution in [0.5, 0.6) is 0 Å². The summed E-state index contributed by atoms with van der Waals surface area (Å²) in [5, 5.41) is 0.760. The number of hydrogen-bond acceptors (Lipinski definition) is 4. The quantitative estimate of drug-likeness (QED) is 0.877. The molecule has 2 heterocycles. The highest BCUT2D eigenvalue weighted by Crippen LogP contribution is 2.37. The molecule has 1 aliphatic heterocycles. The molecule has 94 valence electrons. The van der Waals surface area contributed by atoms with Crippen molar-refractivity contribution in [1.82, 2.24) is 9.88 Å². The Kier molecular flexibility index (Phi) is 3.09. The zero-order valence-corrected chi connectivity index (χ0v) is 11.3. The van der Waals surface area contributed by atoms with Gasteiger partial charge in [0.2, 0.25) is 0 Å². The summed E-state index contributed by atoms with van der Waals surface area (Å²) in [5.41, 5.74) is 7.13. The third-order valence-corrected chi connectivity index (χ3v) is 5.14. The average molecular weight is 251 g/mol. The molecule has 0 unspecified atom stereocenters. The van der Waals surface area contributed by atoms with Gasteiger partial charge < -0.3 is 5.73 Å². The number of thiazole rings is 1. The zero-order valence-electron chi connectivity index (χ0n) is 10.5. The summed E-state index contributed by atoms with van der Waals surface area (Å²) in [6, 6.07) is 0.760. The lowest BCUT2D eigenvalue weighted by Gasteiger charge is -2.43. The van der Waals surface area contributed by atoms with Crippen LogP contribution < -0.4 is 5.73 Å². The first-order valence-electron chi connectivity index (χ1n) is 6.76. The number of rotatable bonds is 2. The summed E-state index contributed by atoms with van der Waals surface area (Å²) >= 11 is 1.71. The predicted octanol–water partition coefficient (Wildman–Crippen LogP) is 2.31. The summed E-state index contributed by atoms with van der Waals surface area (Å²) in [5.74, 6) is 0.823. The minimum absolute atomic E-state index is 0.760. The first-order valence-corrected chi connectivity index (χ1v) is 7.57. The lowest BCUT2D eigenvalue weighted by atomic mass is 9.79. The summed E-state index contributed by atoms with van der Waals surface area (Å²) in [6.07, 6.45) is 6.35. The Hall–Kier alpha value is -0.610. The van der Waals surface area contributed by atoms with E-state index in [1.54, 1.807) is 11.3 Å². The number of fused-ring (bicyclic) bond motifs is 2. The third kappa shape index (κ3) is 2.08. The SMILES string of the molecule is CCCN1CCC[C@H]2Cc3nc(N)sc3C[C@@H]21. The first-order chi connectivity index (χ1) is 8.28. The van der Waals surface area contributed by atoms with Crippen molar-refractivity contribution in [2.45, 2.75) is 45.1 Å². The average Bonchev–Trinajstić information content (AvgIpc) is 2.66. The monoisotopic (exact) mass is 251 g/mol. The van der Waals surface area contributed by atoms with Crippen LogP contribution in [0.4, 0.5) is 5.13 Å². The molecule has 17 heavy (non-hydrogen) atoms. The van der Waals surface area contributed by atoms with Gasteiger partial charge >= 0.3 is 0 Å². The third-order valence-electron chi connectivity index (χ3n) is 4.19. The fraction of sp³-hybridized carbons (Fsp3) is 0.769. The largest absolute Gasteiger partial charge is 0.375 e. The van der Waals surface area contributed by atoms with Gasteiger partial charge in [-0.1, -0.05) is 6.92 Å². The molecule has 1 saturated heterocycles. The topological polar surface area (TPSA) is 42.2 Å². The number of hydrogen-bond donors (Lipinski definition) is 1. The van der Waals surface area contributed by atoms with Gasteiger partial charge in [-0.2, -0.15) is 0 Å². The molecule has 2 N–H and O–H groups in total. The Morgan fingerprint density at radius 3 is 3.18 bits per heavy atom. The molecule has 2 atom stereocenters. The van der Waals surface area contributed by atoms with Crippen LogP contribution in [-0.2, 0) is 12.8 Å². The highest BCUT2D eigenvalue weighted by Gasteiger charge is 2.36. The maximum absolute atomic E-state index is 5.83. The van der Waals surface area contributed by atoms with Gasteiger partial charge in [0.05, 0.1) is 5.69 Å². The molecule has 0 spiro atoms. The van der Waals surface area contributed by atoms with Gasteiger partial charge in [0.25, 0.3) is 0 Å². The smallest absolute Gasteiger partial charge is 0.180 e. The van der Waals surface area contributed by atoms with Gasteiger partial charge in [-0.15, -0.1) is 11.3 Å². The van der Waals surface area contributed by atoms with Crippen molar-refractivity contribution >= 4 is 16.5 Å². The number of nitrogens with zero attached hydrogens (tertiary/aromatic N) is 2. The van der Waals surface area contributed by atoms with Crippen molar-refractivity contribution in [2.24, 2.45) is 5.92 Å². The highest BCUT2D eigenvalue weighted by molar-refractivity contribution is 7.15. The number of nitrogens with two attached hydrogens (primary N) is 1. The molecule has 0 saturated carbocycles. The van der Waals surface area contributed by atoms with Gasteiger partial charge in [0.15, 0.2) is 5.13 Å². The van der Waals surface area contributed by atoms with Gasteiger partial charge in [-0.25, -0.2) is 4.98 Å². The Balaban J connectivity index is 1.83. The van der Waals surface area contributed by atoms with Crippen LogP contribution in [0, 0.1) is 5.92 Å². The van der Waals surface area contributed by atoms with E-state index in [1.165, 1.54) is 49.3 Å². The molecular weight excluding hydrogens is 230 g/mol. The summed E-state index contributed by atoms with van der Waals surface area (Å²) in [6.45, 7) is 4.83. The van der Waals surface area contributed by atoms with Crippen LogP contribution in [0.2, 0.25) is 0 Å². The molecule has 4 heteroatoms. The molecule has 1 aromatic rings. The zero-order chi connectivity index (χ0) is 11.8. The lowest BCUT2D eigenvalue weighted by molar-refractivity contribution is 0.0857. The summed E-state index contributed by atoms with van der Waals surface area (Å²) in [4.78, 5) is 8.64. The number of nitrogen functional groups attached to an aromatic ring is 1. The second kappa shape index (κ2) is 4.58. The van der Waals surface area contributed by atoms with E-state index in [1.807, 2.05) is 0 Å². The van der Waals surface area contributed by atoms with E-state index < -0.39 is 0 Å². The van der Waals surface area contributed by atoms with Gasteiger partial charge in [-0.05, 0) is 51.1 Å². The van der Waals surface area contributed by atoms with Crippen LogP contribution in [0.3, 0.4) is 0 Å². The molecular formula is C13H21N3S. The fourth-order valence-corrected chi connectivity index (χ4v) is 4.38. The van der Waals surface area contributed by atoms with Crippen LogP contribution in [0.25, 0.3) is 0 Å². The highest BCUT2D eigenvalue weighted by atomic mass is 32.1. The fourth-order valence-electron chi connectivity index (χ4n) is 3.47. The second-order valence-corrected chi connectivity index (χ2v) is 6.45. The summed E-state index contributed by atoms with van der Waals surface area (Å²) < 4.78 is 0. The van der Waals surface area contributed by atoms with E-state index in [2.05, 4.69) is 16.8 Å². The van der Waals surface area contributed by atoms with Crippen molar-refractivity contribution in [3.8, 4) is 0 Å². The predicted molar refractivity (Wildman–Crippen MR) is 72.3 cm³/mol. The molecule has 1 fully saturated rings. The van der Waals surface area contributed by atoms with Crippen LogP contribution in [0.15, 0.2) is 0 Å². The minimum Gasteiger partial charge on any atom is -0.375 e. The van der Waals surface area contributed by atoms with Crippen molar-refractivity contribution < 1.29 is 0 Å². The van der Waals surface area contributed by atoms with Crippen molar-refractivity contribution in [3.05, 3.63) is 10.6 Å². The lowest BCUT2D eigenvalue weighted by Crippen LogP contribution is -2.49. The minimum atomic E-state index is 0.760. The van der Waals surface area contributed by atoms with Crippen LogP contribution in [0.1, 0.15) is 36.8 Å². The Labute approximate surface area is 107 Å². The Morgan fingerprint density at radius 2 is 2.35 bits per heavy atom. The molecule has 0 bridgehead atoms. The second-order valence-electron chi connectivity index (χ2n) is 5.34. The van der Waals surface area contributed by atoms with E-state index in [0.29, 0.717) is 0 Å². The molecule has 1 aromatic heterocycles. The number of aromatic nitrogens is 1. The van der Waals surface area contributed by atoms with Crippen molar-refractivity contribution in [3.63, 3.8) is 0 Å². The normalized spacial score (nSPS) is 28.8. The first kappa shape index (κ1) is 11.5. The maximum Gasteiger partial charge on any atom is 0.180 e. The van der Waals surface area contributed by atoms with E-state index >= 15 is 0 Å². The standard InChI is InChI=1S/C13H21N3S/c1-2-5-16-6-3-4-9-7-10-12(8-11(9)16)17-13(14)15-10/h9,11H,2-8H2,1H3,(H2,14,15)/t9-,11-/m0/s1. The molecule has 3 nitrogen and oxygen atoms in total. The molecule has 2 aliphatic rings. The Bertz CT molecular complexity index is 399. The maximum atomic E-state index is 5.83. The van der Waals surface area contributed by atoms with E-state index in [0.717, 1.165) is 23.5 Å². The van der Waals surface area contributed by atoms with E-state index in [9.17, 15) is 0 Å². The van der Waals surface area contributed by atoms with Crippen molar-refractivity contribution in [2.75, 3.05) is 18.8 Å². The molecule has 0 aromatic carbocycles. The number of likely N-dealkylation sites (tertiary alicyclic amines) is 1. The van der Waals surface area contributed by atoms with Gasteiger partial charge in [0, 0.05) is 10.9 Å². The van der Waals surface area contributed by atoms with Gasteiger partial charge in [0.1, 0.15) is 0 Å². The van der Waals surface area contributed by atoms with Crippen molar-refractivity contribution in [1.29, 1.82) is 0 Å². The molecule has 3 rings (SSSR count). The Morgan fingerprint density at radius 1 is 1.47 bits per heavy atom. The van der Waals surface area contributed by atoms with Gasteiger partial charge in [-0.3, -0.25) is 4.90 Å². The summed E-state index contributed by atoms with van der Waals surface area (Å²) in [7, 11) is 0. The van der Waals surface area contributed by atoms with Crippen LogP contribution in [-0.4, -0.2) is 29.0 Å². The van der Waals surface area contributed by atoms with Crippen LogP contribution >= 0.6 is 11.3 Å². The van der Waals surface area contributed by atoms with E-state index in [-0.39, 0.29) is 0 Å². The van der Waals surface area contributed by atoms with E-state index in [4.69, 9.17) is 5.73 Å². The number of piperidine rings is 1. The molecule has 1 aliphatic carbocycles. The molecule has 0 amide bonds. The molecule has 0 radical (unpaired) electrons.